The van der Waals surface area contributed by atoms with Crippen molar-refractivity contribution in [3.63, 3.8) is 0 Å². The van der Waals surface area contributed by atoms with Gasteiger partial charge in [-0.3, -0.25) is 4.98 Å². The van der Waals surface area contributed by atoms with Crippen molar-refractivity contribution in [3.8, 4) is 11.1 Å². The summed E-state index contributed by atoms with van der Waals surface area (Å²) in [6.45, 7) is 7.28. The average Bonchev–Trinajstić information content (AvgIpc) is 2.60. The van der Waals surface area contributed by atoms with Gasteiger partial charge in [-0.2, -0.15) is 0 Å². The standard InChI is InChI=1S/C21H26N2O5/c1-12(2)28-21(25)18-14(4)23-13(3)17(20(24)27-10-9-26-5)19(18)15-7-6-8-16(22)11-15/h6-8,11-12H,9-10,22H2,1-5H3. The van der Waals surface area contributed by atoms with Crippen molar-refractivity contribution in [2.45, 2.75) is 33.8 Å². The number of aromatic nitrogens is 1. The molecule has 150 valence electrons. The maximum Gasteiger partial charge on any atom is 0.340 e. The van der Waals surface area contributed by atoms with Crippen LogP contribution in [0.5, 0.6) is 0 Å². The van der Waals surface area contributed by atoms with Gasteiger partial charge in [-0.05, 0) is 45.4 Å². The van der Waals surface area contributed by atoms with Gasteiger partial charge in [0.2, 0.25) is 0 Å². The van der Waals surface area contributed by atoms with Gasteiger partial charge in [0.15, 0.2) is 0 Å². The topological polar surface area (TPSA) is 101 Å². The van der Waals surface area contributed by atoms with E-state index in [0.29, 0.717) is 28.2 Å². The lowest BCUT2D eigenvalue weighted by Gasteiger charge is -2.19. The lowest BCUT2D eigenvalue weighted by Crippen LogP contribution is -2.20. The van der Waals surface area contributed by atoms with Crippen LogP contribution >= 0.6 is 0 Å². The van der Waals surface area contributed by atoms with Gasteiger partial charge in [0, 0.05) is 18.4 Å². The molecule has 1 aromatic heterocycles. The Morgan fingerprint density at radius 3 is 2.29 bits per heavy atom. The fourth-order valence-electron chi connectivity index (χ4n) is 2.90. The van der Waals surface area contributed by atoms with Gasteiger partial charge in [0.05, 0.1) is 35.2 Å². The molecule has 0 saturated carbocycles. The number of methoxy groups -OCH3 is 1. The van der Waals surface area contributed by atoms with Crippen molar-refractivity contribution >= 4 is 17.6 Å². The highest BCUT2D eigenvalue weighted by molar-refractivity contribution is 6.07. The maximum absolute atomic E-state index is 12.8. The first-order valence-electron chi connectivity index (χ1n) is 9.00. The van der Waals surface area contributed by atoms with Crippen molar-refractivity contribution in [2.24, 2.45) is 0 Å². The van der Waals surface area contributed by atoms with E-state index in [9.17, 15) is 9.59 Å². The summed E-state index contributed by atoms with van der Waals surface area (Å²) in [7, 11) is 1.52. The molecule has 0 atom stereocenters. The highest BCUT2D eigenvalue weighted by Crippen LogP contribution is 2.33. The largest absolute Gasteiger partial charge is 0.460 e. The number of pyridine rings is 1. The third-order valence-corrected chi connectivity index (χ3v) is 4.01. The van der Waals surface area contributed by atoms with Crippen LogP contribution in [0.3, 0.4) is 0 Å². The molecule has 7 heteroatoms. The molecule has 0 amide bonds. The van der Waals surface area contributed by atoms with E-state index in [2.05, 4.69) is 4.98 Å². The molecule has 2 N–H and O–H groups in total. The van der Waals surface area contributed by atoms with Crippen LogP contribution in [0.4, 0.5) is 5.69 Å². The predicted molar refractivity (Wildman–Crippen MR) is 106 cm³/mol. The van der Waals surface area contributed by atoms with E-state index in [1.807, 2.05) is 0 Å². The summed E-state index contributed by atoms with van der Waals surface area (Å²) in [5.74, 6) is -1.14. The predicted octanol–water partition coefficient (Wildman–Crippen LogP) is 3.32. The molecular formula is C21H26N2O5. The van der Waals surface area contributed by atoms with Crippen LogP contribution < -0.4 is 5.73 Å². The number of carbonyl (C=O) groups excluding carboxylic acids is 2. The molecule has 1 aromatic carbocycles. The van der Waals surface area contributed by atoms with Gasteiger partial charge in [0.25, 0.3) is 0 Å². The van der Waals surface area contributed by atoms with Crippen LogP contribution in [0.1, 0.15) is 46.0 Å². The second-order valence-electron chi connectivity index (χ2n) is 6.62. The average molecular weight is 386 g/mol. The van der Waals surface area contributed by atoms with E-state index in [1.54, 1.807) is 52.0 Å². The highest BCUT2D eigenvalue weighted by atomic mass is 16.6. The zero-order valence-electron chi connectivity index (χ0n) is 16.9. The summed E-state index contributed by atoms with van der Waals surface area (Å²) in [6.07, 6.45) is -0.320. The van der Waals surface area contributed by atoms with E-state index < -0.39 is 11.9 Å². The molecule has 7 nitrogen and oxygen atoms in total. The number of benzene rings is 1. The van der Waals surface area contributed by atoms with Crippen molar-refractivity contribution in [1.82, 2.24) is 4.98 Å². The monoisotopic (exact) mass is 386 g/mol. The third-order valence-electron chi connectivity index (χ3n) is 4.01. The van der Waals surface area contributed by atoms with Crippen molar-refractivity contribution in [2.75, 3.05) is 26.1 Å². The number of nitrogens with two attached hydrogens (primary N) is 1. The first kappa shape index (κ1) is 21.4. The Morgan fingerprint density at radius 1 is 1.07 bits per heavy atom. The van der Waals surface area contributed by atoms with Gasteiger partial charge in [0.1, 0.15) is 6.61 Å². The molecule has 0 aliphatic heterocycles. The summed E-state index contributed by atoms with van der Waals surface area (Å²) in [5.41, 5.74) is 8.83. The van der Waals surface area contributed by atoms with E-state index in [4.69, 9.17) is 19.9 Å². The van der Waals surface area contributed by atoms with E-state index in [1.165, 1.54) is 7.11 Å². The molecule has 0 spiro atoms. The minimum Gasteiger partial charge on any atom is -0.460 e. The molecule has 0 aliphatic carbocycles. The molecular weight excluding hydrogens is 360 g/mol. The fraction of sp³-hybridized carbons (Fsp3) is 0.381. The van der Waals surface area contributed by atoms with E-state index in [-0.39, 0.29) is 30.4 Å². The molecule has 2 rings (SSSR count). The number of anilines is 1. The Bertz CT molecular complexity index is 877. The maximum atomic E-state index is 12.8. The summed E-state index contributed by atoms with van der Waals surface area (Å²) in [5, 5.41) is 0. The minimum absolute atomic E-state index is 0.0881. The van der Waals surface area contributed by atoms with Crippen molar-refractivity contribution in [3.05, 3.63) is 46.8 Å². The summed E-state index contributed by atoms with van der Waals surface area (Å²) < 4.78 is 15.6. The number of rotatable bonds is 7. The van der Waals surface area contributed by atoms with Gasteiger partial charge < -0.3 is 19.9 Å². The number of hydrogen-bond acceptors (Lipinski definition) is 7. The normalized spacial score (nSPS) is 10.8. The molecule has 2 aromatic rings. The van der Waals surface area contributed by atoms with Crippen LogP contribution in [-0.2, 0) is 14.2 Å². The van der Waals surface area contributed by atoms with Gasteiger partial charge in [-0.1, -0.05) is 12.1 Å². The Hall–Kier alpha value is -2.93. The zero-order chi connectivity index (χ0) is 20.8. The van der Waals surface area contributed by atoms with Crippen molar-refractivity contribution in [1.29, 1.82) is 0 Å². The zero-order valence-corrected chi connectivity index (χ0v) is 16.9. The number of ether oxygens (including phenoxy) is 3. The lowest BCUT2D eigenvalue weighted by molar-refractivity contribution is 0.0377. The highest BCUT2D eigenvalue weighted by Gasteiger charge is 2.28. The minimum atomic E-state index is -0.585. The Kier molecular flexibility index (Phi) is 7.12. The van der Waals surface area contributed by atoms with Crippen LogP contribution in [0.2, 0.25) is 0 Å². The SMILES string of the molecule is COCCOC(=O)c1c(C)nc(C)c(C(=O)OC(C)C)c1-c1cccc(N)c1. The number of carbonyl (C=O) groups is 2. The number of esters is 2. The Labute approximate surface area is 164 Å². The molecule has 1 heterocycles. The lowest BCUT2D eigenvalue weighted by atomic mass is 9.92. The van der Waals surface area contributed by atoms with Crippen LogP contribution in [0.15, 0.2) is 24.3 Å². The van der Waals surface area contributed by atoms with E-state index >= 15 is 0 Å². The number of aryl methyl sites for hydroxylation is 2. The molecule has 0 saturated heterocycles. The number of hydrogen-bond donors (Lipinski definition) is 1. The Morgan fingerprint density at radius 2 is 1.71 bits per heavy atom. The third kappa shape index (κ3) is 4.86. The van der Waals surface area contributed by atoms with Gasteiger partial charge >= 0.3 is 11.9 Å². The van der Waals surface area contributed by atoms with Gasteiger partial charge in [-0.15, -0.1) is 0 Å². The van der Waals surface area contributed by atoms with Crippen LogP contribution in [0, 0.1) is 13.8 Å². The first-order chi connectivity index (χ1) is 13.3. The molecule has 0 fully saturated rings. The summed E-state index contributed by atoms with van der Waals surface area (Å²) >= 11 is 0. The fourth-order valence-corrected chi connectivity index (χ4v) is 2.90. The molecule has 0 bridgehead atoms. The quantitative estimate of drug-likeness (QED) is 0.442. The second-order valence-corrected chi connectivity index (χ2v) is 6.62. The van der Waals surface area contributed by atoms with Crippen LogP contribution in [-0.4, -0.2) is 43.4 Å². The van der Waals surface area contributed by atoms with E-state index in [0.717, 1.165) is 0 Å². The van der Waals surface area contributed by atoms with Gasteiger partial charge in [-0.25, -0.2) is 9.59 Å². The molecule has 28 heavy (non-hydrogen) atoms. The molecule has 0 aliphatic rings. The number of nitrogens with zero attached hydrogens (tertiary/aromatic N) is 1. The Balaban J connectivity index is 2.72. The first-order valence-corrected chi connectivity index (χ1v) is 9.00. The summed E-state index contributed by atoms with van der Waals surface area (Å²) in [6, 6.07) is 6.97. The van der Waals surface area contributed by atoms with Crippen molar-refractivity contribution < 1.29 is 23.8 Å². The smallest absolute Gasteiger partial charge is 0.340 e. The molecule has 0 unspecified atom stereocenters. The second kappa shape index (κ2) is 9.32. The number of nitrogen functional groups attached to an aromatic ring is 1. The summed E-state index contributed by atoms with van der Waals surface area (Å²) in [4.78, 5) is 30.1. The molecule has 0 radical (unpaired) electrons. The van der Waals surface area contributed by atoms with Crippen LogP contribution in [0.25, 0.3) is 11.1 Å².